The number of hydrogen-bond donors (Lipinski definition) is 3. The first-order valence-electron chi connectivity index (χ1n) is 12.8. The predicted octanol–water partition coefficient (Wildman–Crippen LogP) is 4.65. The smallest absolute Gasteiger partial charge is 0.433 e. The number of anilines is 2. The molecule has 0 aliphatic heterocycles. The highest BCUT2D eigenvalue weighted by Crippen LogP contribution is 2.21. The van der Waals surface area contributed by atoms with E-state index in [1.54, 1.807) is 6.92 Å². The van der Waals surface area contributed by atoms with Crippen molar-refractivity contribution in [3.63, 3.8) is 0 Å². The SMILES string of the molecule is C/C(CCCNc1nc(NC(=O)OCc2ccccc2)c2ncn(CC(=O)O)c2n1)=N/C(=O)OCc1ccccc1. The summed E-state index contributed by atoms with van der Waals surface area (Å²) in [7, 11) is 0. The average Bonchev–Trinajstić information content (AvgIpc) is 3.36. The molecule has 0 radical (unpaired) electrons. The van der Waals surface area contributed by atoms with Gasteiger partial charge in [-0.2, -0.15) is 15.0 Å². The van der Waals surface area contributed by atoms with Crippen molar-refractivity contribution < 1.29 is 29.0 Å². The van der Waals surface area contributed by atoms with Crippen LogP contribution in [-0.2, 0) is 34.0 Å². The molecule has 0 atom stereocenters. The Kier molecular flexibility index (Phi) is 9.91. The van der Waals surface area contributed by atoms with Crippen molar-refractivity contribution >= 4 is 46.8 Å². The van der Waals surface area contributed by atoms with E-state index in [9.17, 15) is 19.5 Å². The number of nitrogens with zero attached hydrogens (tertiary/aromatic N) is 5. The number of rotatable bonds is 12. The summed E-state index contributed by atoms with van der Waals surface area (Å²) in [5, 5.41) is 14.9. The van der Waals surface area contributed by atoms with Crippen molar-refractivity contribution in [3.05, 3.63) is 78.1 Å². The summed E-state index contributed by atoms with van der Waals surface area (Å²) in [4.78, 5) is 52.7. The van der Waals surface area contributed by atoms with Crippen LogP contribution in [0.2, 0.25) is 0 Å². The van der Waals surface area contributed by atoms with Gasteiger partial charge >= 0.3 is 18.2 Å². The highest BCUT2D eigenvalue weighted by molar-refractivity contribution is 5.94. The summed E-state index contributed by atoms with van der Waals surface area (Å²) in [6.07, 6.45) is 0.991. The molecule has 2 aromatic heterocycles. The standard InChI is InChI=1S/C28H29N7O6/c1-19(31-27(38)40-16-20-10-4-2-5-11-20)9-8-14-29-26-32-24(23-25(34-26)35(18-30-23)15-22(36)37)33-28(39)41-17-21-12-6-3-7-13-21/h2-7,10-13,18H,8-9,14-17H2,1H3,(H,36,37)(H2,29,32,33,34,39)/b31-19-. The Bertz CT molecular complexity index is 1520. The van der Waals surface area contributed by atoms with Crippen molar-refractivity contribution in [2.45, 2.75) is 39.5 Å². The molecule has 0 fully saturated rings. The average molecular weight is 560 g/mol. The van der Waals surface area contributed by atoms with Gasteiger partial charge in [-0.25, -0.2) is 14.6 Å². The van der Waals surface area contributed by atoms with Crippen molar-refractivity contribution in [3.8, 4) is 0 Å². The highest BCUT2D eigenvalue weighted by Gasteiger charge is 2.17. The Morgan fingerprint density at radius 1 is 0.951 bits per heavy atom. The lowest BCUT2D eigenvalue weighted by Crippen LogP contribution is -2.17. The number of carboxylic acid groups (broad SMARTS) is 1. The number of carbonyl (C=O) groups is 3. The molecular weight excluding hydrogens is 530 g/mol. The van der Waals surface area contributed by atoms with Crippen molar-refractivity contribution in [2.75, 3.05) is 17.2 Å². The maximum atomic E-state index is 12.5. The minimum Gasteiger partial charge on any atom is -0.480 e. The number of aromatic nitrogens is 4. The fraction of sp³-hybridized carbons (Fsp3) is 0.250. The quantitative estimate of drug-likeness (QED) is 0.164. The molecular formula is C28H29N7O6. The number of aliphatic imine (C=N–C) groups is 1. The largest absolute Gasteiger partial charge is 0.480 e. The van der Waals surface area contributed by atoms with Crippen molar-refractivity contribution in [2.24, 2.45) is 4.99 Å². The Morgan fingerprint density at radius 2 is 1.61 bits per heavy atom. The predicted molar refractivity (Wildman–Crippen MR) is 151 cm³/mol. The second-order valence-corrected chi connectivity index (χ2v) is 8.94. The maximum Gasteiger partial charge on any atom is 0.433 e. The second-order valence-electron chi connectivity index (χ2n) is 8.94. The summed E-state index contributed by atoms with van der Waals surface area (Å²) >= 11 is 0. The van der Waals surface area contributed by atoms with E-state index in [4.69, 9.17) is 9.47 Å². The number of hydrogen-bond acceptors (Lipinski definition) is 9. The number of aliphatic carboxylic acids is 1. The first kappa shape index (κ1) is 28.7. The summed E-state index contributed by atoms with van der Waals surface area (Å²) in [5.41, 5.74) is 2.72. The van der Waals surface area contributed by atoms with Crippen LogP contribution in [0.1, 0.15) is 30.9 Å². The fourth-order valence-corrected chi connectivity index (χ4v) is 3.74. The molecule has 4 aromatic rings. The zero-order chi connectivity index (χ0) is 29.0. The highest BCUT2D eigenvalue weighted by atomic mass is 16.6. The second kappa shape index (κ2) is 14.2. The van der Waals surface area contributed by atoms with E-state index in [0.29, 0.717) is 25.1 Å². The fourth-order valence-electron chi connectivity index (χ4n) is 3.74. The molecule has 13 nitrogen and oxygen atoms in total. The van der Waals surface area contributed by atoms with E-state index in [1.165, 1.54) is 10.9 Å². The molecule has 41 heavy (non-hydrogen) atoms. The molecule has 2 aromatic carbocycles. The third kappa shape index (κ3) is 8.85. The van der Waals surface area contributed by atoms with Gasteiger partial charge in [-0.3, -0.25) is 10.1 Å². The normalized spacial score (nSPS) is 11.2. The summed E-state index contributed by atoms with van der Waals surface area (Å²) in [5.74, 6) is -0.857. The number of carboxylic acids is 1. The first-order valence-corrected chi connectivity index (χ1v) is 12.8. The van der Waals surface area contributed by atoms with Crippen molar-refractivity contribution in [1.29, 1.82) is 0 Å². The van der Waals surface area contributed by atoms with Crippen LogP contribution in [0.4, 0.5) is 21.4 Å². The molecule has 0 saturated heterocycles. The van der Waals surface area contributed by atoms with E-state index < -0.39 is 18.2 Å². The summed E-state index contributed by atoms with van der Waals surface area (Å²) in [6, 6.07) is 18.5. The Hall–Kier alpha value is -5.33. The van der Waals surface area contributed by atoms with Crippen LogP contribution in [-0.4, -0.2) is 55.0 Å². The minimum atomic E-state index is -1.08. The van der Waals surface area contributed by atoms with Crippen LogP contribution >= 0.6 is 0 Å². The van der Waals surface area contributed by atoms with E-state index in [0.717, 1.165) is 11.1 Å². The van der Waals surface area contributed by atoms with E-state index >= 15 is 0 Å². The van der Waals surface area contributed by atoms with Gasteiger partial charge in [0.25, 0.3) is 0 Å². The molecule has 0 saturated carbocycles. The van der Waals surface area contributed by atoms with Gasteiger partial charge in [-0.05, 0) is 30.9 Å². The van der Waals surface area contributed by atoms with Crippen LogP contribution in [0.15, 0.2) is 72.0 Å². The van der Waals surface area contributed by atoms with Gasteiger partial charge in [-0.15, -0.1) is 0 Å². The van der Waals surface area contributed by atoms with Crippen molar-refractivity contribution in [1.82, 2.24) is 19.5 Å². The van der Waals surface area contributed by atoms with Crippen LogP contribution in [0.3, 0.4) is 0 Å². The first-order chi connectivity index (χ1) is 19.9. The Labute approximate surface area is 235 Å². The Balaban J connectivity index is 1.35. The lowest BCUT2D eigenvalue weighted by molar-refractivity contribution is -0.137. The number of fused-ring (bicyclic) bond motifs is 1. The zero-order valence-corrected chi connectivity index (χ0v) is 22.3. The monoisotopic (exact) mass is 559 g/mol. The molecule has 13 heteroatoms. The number of carbonyl (C=O) groups excluding carboxylic acids is 2. The number of benzene rings is 2. The molecule has 0 bridgehead atoms. The van der Waals surface area contributed by atoms with Gasteiger partial charge in [-0.1, -0.05) is 60.7 Å². The van der Waals surface area contributed by atoms with Gasteiger partial charge in [0.2, 0.25) is 5.95 Å². The van der Waals surface area contributed by atoms with Crippen LogP contribution in [0.25, 0.3) is 11.2 Å². The minimum absolute atomic E-state index is 0.0557. The Morgan fingerprint density at radius 3 is 2.27 bits per heavy atom. The number of amides is 2. The molecule has 0 spiro atoms. The molecule has 4 rings (SSSR count). The van der Waals surface area contributed by atoms with Gasteiger partial charge in [0, 0.05) is 12.3 Å². The zero-order valence-electron chi connectivity index (χ0n) is 22.3. The number of imidazole rings is 1. The topological polar surface area (TPSA) is 170 Å². The molecule has 0 unspecified atom stereocenters. The third-order valence-electron chi connectivity index (χ3n) is 5.69. The van der Waals surface area contributed by atoms with Gasteiger partial charge in [0.15, 0.2) is 17.0 Å². The van der Waals surface area contributed by atoms with Crippen LogP contribution in [0.5, 0.6) is 0 Å². The van der Waals surface area contributed by atoms with E-state index in [1.807, 2.05) is 60.7 Å². The maximum absolute atomic E-state index is 12.5. The van der Waals surface area contributed by atoms with Crippen LogP contribution < -0.4 is 10.6 Å². The molecule has 2 heterocycles. The lowest BCUT2D eigenvalue weighted by Gasteiger charge is -2.10. The summed E-state index contributed by atoms with van der Waals surface area (Å²) in [6.45, 7) is 1.97. The van der Waals surface area contributed by atoms with Crippen LogP contribution in [0, 0.1) is 0 Å². The third-order valence-corrected chi connectivity index (χ3v) is 5.69. The number of ether oxygens (including phenoxy) is 2. The van der Waals surface area contributed by atoms with Gasteiger partial charge in [0.1, 0.15) is 19.8 Å². The molecule has 2 amide bonds. The molecule has 0 aliphatic rings. The lowest BCUT2D eigenvalue weighted by atomic mass is 10.2. The van der Waals surface area contributed by atoms with Gasteiger partial charge in [0.05, 0.1) is 6.33 Å². The number of nitrogens with one attached hydrogen (secondary N) is 2. The molecule has 3 N–H and O–H groups in total. The summed E-state index contributed by atoms with van der Waals surface area (Å²) < 4.78 is 11.8. The van der Waals surface area contributed by atoms with E-state index in [-0.39, 0.29) is 42.7 Å². The molecule has 0 aliphatic carbocycles. The molecule has 212 valence electrons. The van der Waals surface area contributed by atoms with E-state index in [2.05, 4.69) is 30.6 Å². The van der Waals surface area contributed by atoms with Gasteiger partial charge < -0.3 is 24.5 Å².